The predicted molar refractivity (Wildman–Crippen MR) is 114 cm³/mol. The molecule has 6 heteroatoms. The molecule has 27 heavy (non-hydrogen) atoms. The molecule has 1 saturated heterocycles. The molecule has 150 valence electrons. The summed E-state index contributed by atoms with van der Waals surface area (Å²) in [5.41, 5.74) is 1.33. The van der Waals surface area contributed by atoms with Crippen LogP contribution in [-0.4, -0.2) is 65.8 Å². The molecule has 1 heterocycles. The zero-order chi connectivity index (χ0) is 19.8. The van der Waals surface area contributed by atoms with E-state index in [1.807, 2.05) is 34.9 Å². The van der Waals surface area contributed by atoms with Crippen LogP contribution in [0.3, 0.4) is 0 Å². The Balaban J connectivity index is 1.97. The average Bonchev–Trinajstić information content (AvgIpc) is 2.60. The van der Waals surface area contributed by atoms with Gasteiger partial charge in [-0.3, -0.25) is 14.5 Å². The first kappa shape index (κ1) is 21.8. The Labute approximate surface area is 167 Å². The molecule has 0 saturated carbocycles. The number of carbonyl (C=O) groups is 2. The summed E-state index contributed by atoms with van der Waals surface area (Å²) in [6.07, 6.45) is 0. The molecular weight excluding hydrogens is 358 g/mol. The summed E-state index contributed by atoms with van der Waals surface area (Å²) in [4.78, 5) is 29.3. The van der Waals surface area contributed by atoms with Gasteiger partial charge in [-0.15, -0.1) is 0 Å². The lowest BCUT2D eigenvalue weighted by molar-refractivity contribution is -0.117. The summed E-state index contributed by atoms with van der Waals surface area (Å²) in [6.45, 7) is 12.4. The number of rotatable bonds is 8. The van der Waals surface area contributed by atoms with Crippen LogP contribution in [0.4, 0.5) is 5.69 Å². The molecule has 0 bridgehead atoms. The van der Waals surface area contributed by atoms with Gasteiger partial charge >= 0.3 is 0 Å². The number of amides is 2. The predicted octanol–water partition coefficient (Wildman–Crippen LogP) is 3.43. The van der Waals surface area contributed by atoms with Gasteiger partial charge in [-0.1, -0.05) is 33.8 Å². The van der Waals surface area contributed by atoms with Gasteiger partial charge in [0.05, 0.1) is 6.54 Å². The minimum Gasteiger partial charge on any atom is -0.337 e. The molecule has 0 aromatic heterocycles. The molecule has 0 unspecified atom stereocenters. The standard InChI is InChI=1S/C21H33N3O2S/c1-16(2)13-23(14-17(3)4)15-20(25)22-19-7-5-6-18(12-19)21(26)24-8-10-27-11-9-24/h5-7,12,16-17H,8-11,13-15H2,1-4H3,(H,22,25). The quantitative estimate of drug-likeness (QED) is 0.738. The number of nitrogens with one attached hydrogen (secondary N) is 1. The smallest absolute Gasteiger partial charge is 0.253 e. The Hall–Kier alpha value is -1.53. The Morgan fingerprint density at radius 2 is 1.74 bits per heavy atom. The van der Waals surface area contributed by atoms with Crippen molar-refractivity contribution in [3.05, 3.63) is 29.8 Å². The van der Waals surface area contributed by atoms with Crippen molar-refractivity contribution < 1.29 is 9.59 Å². The van der Waals surface area contributed by atoms with Crippen molar-refractivity contribution in [2.24, 2.45) is 11.8 Å². The Morgan fingerprint density at radius 3 is 2.33 bits per heavy atom. The summed E-state index contributed by atoms with van der Waals surface area (Å²) in [5, 5.41) is 2.96. The van der Waals surface area contributed by atoms with Gasteiger partial charge < -0.3 is 10.2 Å². The van der Waals surface area contributed by atoms with Crippen molar-refractivity contribution >= 4 is 29.3 Å². The maximum absolute atomic E-state index is 12.7. The highest BCUT2D eigenvalue weighted by Crippen LogP contribution is 2.16. The number of nitrogens with zero attached hydrogens (tertiary/aromatic N) is 2. The second-order valence-electron chi connectivity index (χ2n) is 8.02. The number of carbonyl (C=O) groups excluding carboxylic acids is 2. The third-order valence-corrected chi connectivity index (χ3v) is 5.25. The van der Waals surface area contributed by atoms with Crippen LogP contribution in [0.5, 0.6) is 0 Å². The minimum atomic E-state index is -0.0322. The van der Waals surface area contributed by atoms with Gasteiger partial charge in [-0.05, 0) is 30.0 Å². The van der Waals surface area contributed by atoms with E-state index in [2.05, 4.69) is 37.9 Å². The molecular formula is C21H33N3O2S. The molecule has 1 fully saturated rings. The van der Waals surface area contributed by atoms with Crippen molar-refractivity contribution in [3.8, 4) is 0 Å². The van der Waals surface area contributed by atoms with E-state index in [1.54, 1.807) is 6.07 Å². The zero-order valence-electron chi connectivity index (χ0n) is 17.0. The van der Waals surface area contributed by atoms with Crippen LogP contribution in [0.2, 0.25) is 0 Å². The third-order valence-electron chi connectivity index (χ3n) is 4.31. The zero-order valence-corrected chi connectivity index (χ0v) is 17.8. The lowest BCUT2D eigenvalue weighted by Gasteiger charge is -2.26. The van der Waals surface area contributed by atoms with Crippen LogP contribution in [-0.2, 0) is 4.79 Å². The summed E-state index contributed by atoms with van der Waals surface area (Å²) in [5.74, 6) is 3.02. The SMILES string of the molecule is CC(C)CN(CC(=O)Nc1cccc(C(=O)N2CCSCC2)c1)CC(C)C. The Morgan fingerprint density at radius 1 is 1.11 bits per heavy atom. The van der Waals surface area contributed by atoms with E-state index in [-0.39, 0.29) is 11.8 Å². The lowest BCUT2D eigenvalue weighted by atomic mass is 10.1. The lowest BCUT2D eigenvalue weighted by Crippen LogP contribution is -2.38. The fraction of sp³-hybridized carbons (Fsp3) is 0.619. The molecule has 2 rings (SSSR count). The molecule has 0 spiro atoms. The summed E-state index contributed by atoms with van der Waals surface area (Å²) >= 11 is 1.88. The number of anilines is 1. The van der Waals surface area contributed by atoms with Gasteiger partial charge in [0.1, 0.15) is 0 Å². The summed E-state index contributed by atoms with van der Waals surface area (Å²) in [6, 6.07) is 7.29. The molecule has 1 aromatic carbocycles. The molecule has 0 atom stereocenters. The van der Waals surface area contributed by atoms with E-state index < -0.39 is 0 Å². The molecule has 1 aliphatic rings. The highest BCUT2D eigenvalue weighted by molar-refractivity contribution is 7.99. The van der Waals surface area contributed by atoms with Crippen LogP contribution in [0.25, 0.3) is 0 Å². The first-order valence-corrected chi connectivity index (χ1v) is 11.0. The van der Waals surface area contributed by atoms with E-state index in [0.29, 0.717) is 29.6 Å². The molecule has 1 N–H and O–H groups in total. The summed E-state index contributed by atoms with van der Waals surface area (Å²) in [7, 11) is 0. The van der Waals surface area contributed by atoms with Gasteiger partial charge in [0.15, 0.2) is 0 Å². The highest BCUT2D eigenvalue weighted by Gasteiger charge is 2.19. The van der Waals surface area contributed by atoms with Crippen LogP contribution in [0, 0.1) is 11.8 Å². The second-order valence-corrected chi connectivity index (χ2v) is 9.24. The average molecular weight is 392 g/mol. The fourth-order valence-corrected chi connectivity index (χ4v) is 4.22. The third kappa shape index (κ3) is 7.54. The van der Waals surface area contributed by atoms with Crippen molar-refractivity contribution in [2.45, 2.75) is 27.7 Å². The Bertz CT molecular complexity index is 618. The van der Waals surface area contributed by atoms with Crippen LogP contribution in [0.1, 0.15) is 38.1 Å². The van der Waals surface area contributed by atoms with E-state index in [9.17, 15) is 9.59 Å². The van der Waals surface area contributed by atoms with Crippen molar-refractivity contribution in [2.75, 3.05) is 49.5 Å². The highest BCUT2D eigenvalue weighted by atomic mass is 32.2. The van der Waals surface area contributed by atoms with E-state index in [0.717, 1.165) is 37.7 Å². The molecule has 5 nitrogen and oxygen atoms in total. The monoisotopic (exact) mass is 391 g/mol. The number of thioether (sulfide) groups is 1. The van der Waals surface area contributed by atoms with Crippen molar-refractivity contribution in [1.82, 2.24) is 9.80 Å². The number of hydrogen-bond acceptors (Lipinski definition) is 4. The molecule has 1 aromatic rings. The number of benzene rings is 1. The molecule has 2 amide bonds. The van der Waals surface area contributed by atoms with Crippen molar-refractivity contribution in [1.29, 1.82) is 0 Å². The second kappa shape index (κ2) is 10.7. The van der Waals surface area contributed by atoms with Crippen LogP contribution in [0.15, 0.2) is 24.3 Å². The van der Waals surface area contributed by atoms with Crippen LogP contribution >= 0.6 is 11.8 Å². The van der Waals surface area contributed by atoms with E-state index in [1.165, 1.54) is 0 Å². The summed E-state index contributed by atoms with van der Waals surface area (Å²) < 4.78 is 0. The van der Waals surface area contributed by atoms with E-state index in [4.69, 9.17) is 0 Å². The van der Waals surface area contributed by atoms with Gasteiger partial charge in [0.2, 0.25) is 5.91 Å². The first-order chi connectivity index (χ1) is 12.8. The minimum absolute atomic E-state index is 0.0322. The van der Waals surface area contributed by atoms with Crippen LogP contribution < -0.4 is 5.32 Å². The van der Waals surface area contributed by atoms with Gasteiger partial charge in [-0.25, -0.2) is 0 Å². The largest absolute Gasteiger partial charge is 0.337 e. The normalized spacial score (nSPS) is 14.9. The van der Waals surface area contributed by atoms with Gasteiger partial charge in [0, 0.05) is 48.9 Å². The Kier molecular flexibility index (Phi) is 8.64. The fourth-order valence-electron chi connectivity index (χ4n) is 3.32. The van der Waals surface area contributed by atoms with Gasteiger partial charge in [0.25, 0.3) is 5.91 Å². The van der Waals surface area contributed by atoms with E-state index >= 15 is 0 Å². The van der Waals surface area contributed by atoms with Crippen molar-refractivity contribution in [3.63, 3.8) is 0 Å². The topological polar surface area (TPSA) is 52.7 Å². The molecule has 1 aliphatic heterocycles. The first-order valence-electron chi connectivity index (χ1n) is 9.84. The molecule has 0 aliphatic carbocycles. The molecule has 0 radical (unpaired) electrons. The van der Waals surface area contributed by atoms with Gasteiger partial charge in [-0.2, -0.15) is 11.8 Å². The maximum atomic E-state index is 12.7. The number of hydrogen-bond donors (Lipinski definition) is 1. The maximum Gasteiger partial charge on any atom is 0.253 e.